The molecule has 0 aliphatic rings. The number of aromatic nitrogens is 1. The molecule has 0 saturated heterocycles. The van der Waals surface area contributed by atoms with Crippen LogP contribution in [-0.4, -0.2) is 29.1 Å². The Morgan fingerprint density at radius 2 is 2.10 bits per heavy atom. The zero-order valence-corrected chi connectivity index (χ0v) is 12.8. The van der Waals surface area contributed by atoms with Crippen LogP contribution in [0.2, 0.25) is 0 Å². The number of ether oxygens (including phenoxy) is 1. The minimum absolute atomic E-state index is 0.474. The normalized spacial score (nSPS) is 12.4. The molecule has 112 valence electrons. The molecule has 0 radical (unpaired) electrons. The summed E-state index contributed by atoms with van der Waals surface area (Å²) in [5.74, 6) is 0.845. The van der Waals surface area contributed by atoms with Crippen molar-refractivity contribution in [3.8, 4) is 5.75 Å². The summed E-state index contributed by atoms with van der Waals surface area (Å²) in [6.07, 6.45) is 3.18. The summed E-state index contributed by atoms with van der Waals surface area (Å²) >= 11 is 0. The first-order chi connectivity index (χ1) is 10.1. The van der Waals surface area contributed by atoms with Gasteiger partial charge in [-0.15, -0.1) is 0 Å². The first-order valence-corrected chi connectivity index (χ1v) is 7.02. The maximum atomic E-state index is 9.72. The number of pyridine rings is 1. The minimum atomic E-state index is -0.474. The van der Waals surface area contributed by atoms with Crippen LogP contribution in [0.5, 0.6) is 5.75 Å². The van der Waals surface area contributed by atoms with E-state index in [4.69, 9.17) is 4.74 Å². The molecule has 1 heterocycles. The molecule has 21 heavy (non-hydrogen) atoms. The van der Waals surface area contributed by atoms with Crippen LogP contribution in [-0.2, 0) is 13.1 Å². The number of aliphatic hydroxyl groups excluding tert-OH is 1. The Morgan fingerprint density at radius 3 is 2.71 bits per heavy atom. The quantitative estimate of drug-likeness (QED) is 0.887. The highest BCUT2D eigenvalue weighted by Crippen LogP contribution is 2.24. The fourth-order valence-corrected chi connectivity index (χ4v) is 2.33. The van der Waals surface area contributed by atoms with E-state index in [1.807, 2.05) is 30.5 Å². The lowest BCUT2D eigenvalue weighted by molar-refractivity contribution is 0.199. The summed E-state index contributed by atoms with van der Waals surface area (Å²) in [6.45, 7) is 3.33. The van der Waals surface area contributed by atoms with E-state index in [0.717, 1.165) is 30.0 Å². The maximum Gasteiger partial charge on any atom is 0.123 e. The fourth-order valence-electron chi connectivity index (χ4n) is 2.33. The Morgan fingerprint density at radius 1 is 1.29 bits per heavy atom. The molecule has 2 aromatic rings. The average molecular weight is 286 g/mol. The highest BCUT2D eigenvalue weighted by atomic mass is 16.5. The van der Waals surface area contributed by atoms with Gasteiger partial charge in [0.2, 0.25) is 0 Å². The second-order valence-corrected chi connectivity index (χ2v) is 5.28. The molecule has 0 spiro atoms. The van der Waals surface area contributed by atoms with Gasteiger partial charge in [0.1, 0.15) is 5.75 Å². The first-order valence-electron chi connectivity index (χ1n) is 7.02. The molecule has 2 rings (SSSR count). The standard InChI is InChI=1S/C17H22N2O2/c1-13(20)15-6-7-17(21-3)16(9-15)12-19(2)11-14-5-4-8-18-10-14/h4-10,13,20H,11-12H2,1-3H3. The molecule has 0 aliphatic heterocycles. The van der Waals surface area contributed by atoms with E-state index in [-0.39, 0.29) is 0 Å². The number of hydrogen-bond acceptors (Lipinski definition) is 4. The van der Waals surface area contributed by atoms with Gasteiger partial charge in [-0.3, -0.25) is 9.88 Å². The van der Waals surface area contributed by atoms with E-state index >= 15 is 0 Å². The van der Waals surface area contributed by atoms with E-state index in [9.17, 15) is 5.11 Å². The Bertz CT molecular complexity index is 570. The van der Waals surface area contributed by atoms with Crippen LogP contribution in [0.4, 0.5) is 0 Å². The van der Waals surface area contributed by atoms with Gasteiger partial charge < -0.3 is 9.84 Å². The minimum Gasteiger partial charge on any atom is -0.496 e. The Kier molecular flexibility index (Phi) is 5.31. The predicted octanol–water partition coefficient (Wildman–Crippen LogP) is 2.78. The van der Waals surface area contributed by atoms with Gasteiger partial charge in [-0.2, -0.15) is 0 Å². The lowest BCUT2D eigenvalue weighted by Crippen LogP contribution is -2.18. The molecule has 0 aliphatic carbocycles. The molecule has 1 aromatic carbocycles. The number of nitrogens with zero attached hydrogens (tertiary/aromatic N) is 2. The van der Waals surface area contributed by atoms with Crippen molar-refractivity contribution in [3.05, 3.63) is 59.4 Å². The molecule has 1 unspecified atom stereocenters. The monoisotopic (exact) mass is 286 g/mol. The number of rotatable bonds is 6. The number of aliphatic hydroxyl groups is 1. The van der Waals surface area contributed by atoms with Gasteiger partial charge in [0.05, 0.1) is 13.2 Å². The van der Waals surface area contributed by atoms with Gasteiger partial charge in [0.15, 0.2) is 0 Å². The van der Waals surface area contributed by atoms with Crippen molar-refractivity contribution in [1.82, 2.24) is 9.88 Å². The van der Waals surface area contributed by atoms with Crippen molar-refractivity contribution in [2.45, 2.75) is 26.1 Å². The highest BCUT2D eigenvalue weighted by Gasteiger charge is 2.10. The van der Waals surface area contributed by atoms with Crippen LogP contribution < -0.4 is 4.74 Å². The van der Waals surface area contributed by atoms with Crippen molar-refractivity contribution >= 4 is 0 Å². The third kappa shape index (κ3) is 4.28. The van der Waals surface area contributed by atoms with Crippen LogP contribution in [0.3, 0.4) is 0 Å². The van der Waals surface area contributed by atoms with Gasteiger partial charge in [0, 0.05) is 31.0 Å². The summed E-state index contributed by atoms with van der Waals surface area (Å²) in [4.78, 5) is 6.33. The van der Waals surface area contributed by atoms with Crippen molar-refractivity contribution in [3.63, 3.8) is 0 Å². The van der Waals surface area contributed by atoms with E-state index in [2.05, 4.69) is 23.0 Å². The Hall–Kier alpha value is -1.91. The zero-order valence-electron chi connectivity index (χ0n) is 12.8. The first kappa shape index (κ1) is 15.5. The third-order valence-corrected chi connectivity index (χ3v) is 3.40. The topological polar surface area (TPSA) is 45.6 Å². The molecule has 1 aromatic heterocycles. The number of benzene rings is 1. The average Bonchev–Trinajstić information content (AvgIpc) is 2.48. The van der Waals surface area contributed by atoms with Gasteiger partial charge >= 0.3 is 0 Å². The largest absolute Gasteiger partial charge is 0.496 e. The smallest absolute Gasteiger partial charge is 0.123 e. The maximum absolute atomic E-state index is 9.72. The van der Waals surface area contributed by atoms with Crippen molar-refractivity contribution < 1.29 is 9.84 Å². The molecular formula is C17H22N2O2. The van der Waals surface area contributed by atoms with Gasteiger partial charge in [0.25, 0.3) is 0 Å². The van der Waals surface area contributed by atoms with Crippen molar-refractivity contribution in [1.29, 1.82) is 0 Å². The van der Waals surface area contributed by atoms with E-state index in [0.29, 0.717) is 0 Å². The summed E-state index contributed by atoms with van der Waals surface area (Å²) in [6, 6.07) is 9.82. The Labute approximate surface area is 126 Å². The summed E-state index contributed by atoms with van der Waals surface area (Å²) in [5, 5.41) is 9.72. The van der Waals surface area contributed by atoms with E-state index in [1.165, 1.54) is 5.56 Å². The lowest BCUT2D eigenvalue weighted by atomic mass is 10.1. The number of hydrogen-bond donors (Lipinski definition) is 1. The molecular weight excluding hydrogens is 264 g/mol. The van der Waals surface area contributed by atoms with E-state index in [1.54, 1.807) is 20.2 Å². The van der Waals surface area contributed by atoms with Gasteiger partial charge in [-0.05, 0) is 43.3 Å². The van der Waals surface area contributed by atoms with Crippen LogP contribution in [0.25, 0.3) is 0 Å². The SMILES string of the molecule is COc1ccc(C(C)O)cc1CN(C)Cc1cccnc1. The van der Waals surface area contributed by atoms with Gasteiger partial charge in [-0.25, -0.2) is 0 Å². The van der Waals surface area contributed by atoms with Crippen LogP contribution in [0, 0.1) is 0 Å². The summed E-state index contributed by atoms with van der Waals surface area (Å²) in [5.41, 5.74) is 3.15. The highest BCUT2D eigenvalue weighted by molar-refractivity contribution is 5.38. The predicted molar refractivity (Wildman–Crippen MR) is 83.0 cm³/mol. The van der Waals surface area contributed by atoms with Gasteiger partial charge in [-0.1, -0.05) is 12.1 Å². The molecule has 4 heteroatoms. The second kappa shape index (κ2) is 7.20. The van der Waals surface area contributed by atoms with Crippen LogP contribution >= 0.6 is 0 Å². The molecule has 0 fully saturated rings. The van der Waals surface area contributed by atoms with Crippen LogP contribution in [0.15, 0.2) is 42.7 Å². The fraction of sp³-hybridized carbons (Fsp3) is 0.353. The summed E-state index contributed by atoms with van der Waals surface area (Å²) < 4.78 is 5.41. The Balaban J connectivity index is 2.12. The zero-order chi connectivity index (χ0) is 15.2. The summed E-state index contributed by atoms with van der Waals surface area (Å²) in [7, 11) is 3.73. The van der Waals surface area contributed by atoms with Crippen LogP contribution in [0.1, 0.15) is 29.7 Å². The lowest BCUT2D eigenvalue weighted by Gasteiger charge is -2.19. The molecule has 0 saturated carbocycles. The number of methoxy groups -OCH3 is 1. The van der Waals surface area contributed by atoms with E-state index < -0.39 is 6.10 Å². The molecule has 0 amide bonds. The van der Waals surface area contributed by atoms with Crippen molar-refractivity contribution in [2.24, 2.45) is 0 Å². The molecule has 4 nitrogen and oxygen atoms in total. The second-order valence-electron chi connectivity index (χ2n) is 5.28. The third-order valence-electron chi connectivity index (χ3n) is 3.40. The molecule has 1 atom stereocenters. The molecule has 1 N–H and O–H groups in total. The van der Waals surface area contributed by atoms with Crippen molar-refractivity contribution in [2.75, 3.05) is 14.2 Å². The molecule has 0 bridgehead atoms.